The lowest BCUT2D eigenvalue weighted by atomic mass is 10.1. The molecule has 0 saturated heterocycles. The van der Waals surface area contributed by atoms with Gasteiger partial charge >= 0.3 is 0 Å². The van der Waals surface area contributed by atoms with E-state index in [0.29, 0.717) is 0 Å². The molecule has 3 N–H and O–H groups in total. The van der Waals surface area contributed by atoms with Crippen molar-refractivity contribution in [2.24, 2.45) is 0 Å². The molecule has 3 nitrogen and oxygen atoms in total. The van der Waals surface area contributed by atoms with Crippen LogP contribution in [0.1, 0.15) is 25.0 Å². The zero-order valence-corrected chi connectivity index (χ0v) is 10.6. The van der Waals surface area contributed by atoms with Crippen molar-refractivity contribution in [2.45, 2.75) is 20.8 Å². The molecule has 0 amide bonds. The van der Waals surface area contributed by atoms with Gasteiger partial charge in [-0.15, -0.1) is 0 Å². The molecule has 2 heterocycles. The molecule has 3 rings (SSSR count). The summed E-state index contributed by atoms with van der Waals surface area (Å²) in [7, 11) is 0. The second kappa shape index (κ2) is 4.53. The molecule has 17 heavy (non-hydrogen) atoms. The highest BCUT2D eigenvalue weighted by molar-refractivity contribution is 5.97. The summed E-state index contributed by atoms with van der Waals surface area (Å²) in [5, 5.41) is 4.50. The van der Waals surface area contributed by atoms with Gasteiger partial charge in [0, 0.05) is 17.5 Å². The Bertz CT molecular complexity index is 564. The van der Waals surface area contributed by atoms with Crippen LogP contribution in [0.25, 0.3) is 17.0 Å². The minimum atomic E-state index is 0.847. The number of fused-ring (bicyclic) bond motifs is 3. The van der Waals surface area contributed by atoms with Gasteiger partial charge < -0.3 is 11.2 Å². The number of aromatic nitrogens is 1. The van der Waals surface area contributed by atoms with Crippen LogP contribution in [0.15, 0.2) is 24.3 Å². The number of hydrogen-bond acceptors (Lipinski definition) is 2. The van der Waals surface area contributed by atoms with Gasteiger partial charge in [0.1, 0.15) is 5.82 Å². The van der Waals surface area contributed by atoms with E-state index in [-0.39, 0.29) is 0 Å². The first kappa shape index (κ1) is 11.6. The molecule has 0 unspecified atom stereocenters. The lowest BCUT2D eigenvalue weighted by Gasteiger charge is -2.10. The highest BCUT2D eigenvalue weighted by Gasteiger charge is 2.15. The van der Waals surface area contributed by atoms with Crippen LogP contribution in [-0.2, 0) is 0 Å². The van der Waals surface area contributed by atoms with Crippen LogP contribution in [-0.4, -0.2) is 11.2 Å². The van der Waals surface area contributed by atoms with Crippen LogP contribution in [0.3, 0.4) is 0 Å². The van der Waals surface area contributed by atoms with Crippen LogP contribution in [0.2, 0.25) is 0 Å². The average molecular weight is 229 g/mol. The van der Waals surface area contributed by atoms with E-state index in [1.165, 1.54) is 16.5 Å². The molecule has 0 bridgehead atoms. The van der Waals surface area contributed by atoms with Crippen molar-refractivity contribution in [3.63, 3.8) is 0 Å². The van der Waals surface area contributed by atoms with Crippen molar-refractivity contribution in [1.82, 2.24) is 4.68 Å². The molecule has 0 spiro atoms. The number of rotatable bonds is 0. The minimum absolute atomic E-state index is 0.847. The zero-order valence-electron chi connectivity index (χ0n) is 10.6. The number of nitrogens with two attached hydrogens (primary N) is 1. The van der Waals surface area contributed by atoms with Gasteiger partial charge in [-0.2, -0.15) is 0 Å². The number of anilines is 1. The first-order chi connectivity index (χ1) is 8.27. The molecule has 2 aromatic rings. The molecule has 1 aliphatic rings. The van der Waals surface area contributed by atoms with E-state index >= 15 is 0 Å². The molecule has 1 aromatic heterocycles. The Balaban J connectivity index is 0.000000514. The predicted molar refractivity (Wildman–Crippen MR) is 75.7 cm³/mol. The third kappa shape index (κ3) is 1.78. The summed E-state index contributed by atoms with van der Waals surface area (Å²) in [6.07, 6.45) is 4.24. The van der Waals surface area contributed by atoms with E-state index in [1.807, 2.05) is 13.8 Å². The fraction of sp³-hybridized carbons (Fsp3) is 0.286. The normalized spacial score (nSPS) is 12.6. The SMILES string of the molecule is CC.Cc1ccc2c3c(n(N)c2c1)NCC=C3. The monoisotopic (exact) mass is 229 g/mol. The minimum Gasteiger partial charge on any atom is -0.366 e. The predicted octanol–water partition coefficient (Wildman–Crippen LogP) is 3.13. The number of nitrogens with zero attached hydrogens (tertiary/aromatic N) is 1. The van der Waals surface area contributed by atoms with Crippen LogP contribution in [0, 0.1) is 6.92 Å². The molecular weight excluding hydrogens is 210 g/mol. The Morgan fingerprint density at radius 2 is 2.06 bits per heavy atom. The summed E-state index contributed by atoms with van der Waals surface area (Å²) in [4.78, 5) is 0. The van der Waals surface area contributed by atoms with Crippen molar-refractivity contribution in [1.29, 1.82) is 0 Å². The highest BCUT2D eigenvalue weighted by Crippen LogP contribution is 2.31. The summed E-state index contributed by atoms with van der Waals surface area (Å²) < 4.78 is 1.74. The molecule has 90 valence electrons. The van der Waals surface area contributed by atoms with Gasteiger partial charge in [0.05, 0.1) is 5.52 Å². The van der Waals surface area contributed by atoms with Gasteiger partial charge in [-0.1, -0.05) is 38.1 Å². The number of aryl methyl sites for hydroxylation is 1. The summed E-state index contributed by atoms with van der Waals surface area (Å²) in [6.45, 7) is 6.92. The third-order valence-corrected chi connectivity index (χ3v) is 2.87. The summed E-state index contributed by atoms with van der Waals surface area (Å²) in [5.74, 6) is 7.06. The largest absolute Gasteiger partial charge is 0.366 e. The van der Waals surface area contributed by atoms with Gasteiger partial charge in [0.2, 0.25) is 0 Å². The summed E-state index contributed by atoms with van der Waals surface area (Å²) >= 11 is 0. The summed E-state index contributed by atoms with van der Waals surface area (Å²) in [5.41, 5.74) is 3.51. The Labute approximate surface area is 102 Å². The highest BCUT2D eigenvalue weighted by atomic mass is 15.3. The van der Waals surface area contributed by atoms with Crippen molar-refractivity contribution in [3.8, 4) is 0 Å². The van der Waals surface area contributed by atoms with Gasteiger partial charge in [-0.25, -0.2) is 4.68 Å². The Hall–Kier alpha value is -1.90. The molecular formula is C14H19N3. The van der Waals surface area contributed by atoms with Crippen LogP contribution >= 0.6 is 0 Å². The van der Waals surface area contributed by atoms with E-state index in [9.17, 15) is 0 Å². The first-order valence-electron chi connectivity index (χ1n) is 6.08. The van der Waals surface area contributed by atoms with Crippen LogP contribution in [0.4, 0.5) is 5.82 Å². The maximum atomic E-state index is 6.05. The van der Waals surface area contributed by atoms with Crippen LogP contribution in [0.5, 0.6) is 0 Å². The Morgan fingerprint density at radius 1 is 1.29 bits per heavy atom. The number of nitrogens with one attached hydrogen (secondary N) is 1. The number of benzene rings is 1. The van der Waals surface area contributed by atoms with Crippen molar-refractivity contribution >= 4 is 22.8 Å². The van der Waals surface area contributed by atoms with E-state index < -0.39 is 0 Å². The summed E-state index contributed by atoms with van der Waals surface area (Å²) in [6, 6.07) is 6.36. The molecule has 0 radical (unpaired) electrons. The lowest BCUT2D eigenvalue weighted by Crippen LogP contribution is -2.15. The quantitative estimate of drug-likeness (QED) is 0.682. The molecule has 1 aromatic carbocycles. The number of hydrogen-bond donors (Lipinski definition) is 2. The molecule has 0 fully saturated rings. The topological polar surface area (TPSA) is 43.0 Å². The van der Waals surface area contributed by atoms with Gasteiger partial charge in [-0.3, -0.25) is 0 Å². The Kier molecular flexibility index (Phi) is 3.09. The molecule has 0 aliphatic carbocycles. The fourth-order valence-corrected chi connectivity index (χ4v) is 2.13. The van der Waals surface area contributed by atoms with Gasteiger partial charge in [0.15, 0.2) is 0 Å². The number of nitrogen functional groups attached to an aromatic ring is 1. The zero-order chi connectivity index (χ0) is 12.4. The molecule has 3 heteroatoms. The molecule has 1 aliphatic heterocycles. The molecule has 0 atom stereocenters. The smallest absolute Gasteiger partial charge is 0.133 e. The van der Waals surface area contributed by atoms with E-state index in [4.69, 9.17) is 5.84 Å². The Morgan fingerprint density at radius 3 is 2.82 bits per heavy atom. The second-order valence-corrected chi connectivity index (χ2v) is 3.94. The third-order valence-electron chi connectivity index (χ3n) is 2.87. The van der Waals surface area contributed by atoms with Crippen molar-refractivity contribution in [2.75, 3.05) is 17.7 Å². The average Bonchev–Trinajstić information content (AvgIpc) is 2.66. The standard InChI is InChI=1S/C12H13N3.C2H6/c1-8-4-5-9-10-3-2-6-14-12(10)15(13)11(9)7-8;1-2/h2-5,7,14H,6,13H2,1H3;1-2H3. The van der Waals surface area contributed by atoms with Crippen molar-refractivity contribution in [3.05, 3.63) is 35.4 Å². The maximum Gasteiger partial charge on any atom is 0.133 e. The second-order valence-electron chi connectivity index (χ2n) is 3.94. The fourth-order valence-electron chi connectivity index (χ4n) is 2.13. The van der Waals surface area contributed by atoms with Crippen LogP contribution < -0.4 is 11.2 Å². The maximum absolute atomic E-state index is 6.05. The van der Waals surface area contributed by atoms with Crippen molar-refractivity contribution < 1.29 is 0 Å². The van der Waals surface area contributed by atoms with E-state index in [2.05, 4.69) is 42.6 Å². The van der Waals surface area contributed by atoms with Gasteiger partial charge in [0.25, 0.3) is 0 Å². The van der Waals surface area contributed by atoms with Gasteiger partial charge in [-0.05, 0) is 18.6 Å². The van der Waals surface area contributed by atoms with E-state index in [1.54, 1.807) is 4.68 Å². The molecule has 0 saturated carbocycles. The van der Waals surface area contributed by atoms with E-state index in [0.717, 1.165) is 17.9 Å². The lowest BCUT2D eigenvalue weighted by molar-refractivity contribution is 1.04. The first-order valence-corrected chi connectivity index (χ1v) is 6.08.